The first kappa shape index (κ1) is 22.7. The molecule has 1 aromatic rings. The predicted octanol–water partition coefficient (Wildman–Crippen LogP) is 2.92. The zero-order chi connectivity index (χ0) is 17.6. The number of thiophene rings is 1. The lowest BCUT2D eigenvalue weighted by Crippen LogP contribution is -2.53. The molecule has 7 heteroatoms. The maximum atomic E-state index is 5.52. The summed E-state index contributed by atoms with van der Waals surface area (Å²) >= 11 is 1.81. The van der Waals surface area contributed by atoms with E-state index >= 15 is 0 Å². The summed E-state index contributed by atoms with van der Waals surface area (Å²) in [5.74, 6) is 0.868. The highest BCUT2D eigenvalue weighted by Gasteiger charge is 2.24. The van der Waals surface area contributed by atoms with Gasteiger partial charge >= 0.3 is 0 Å². The van der Waals surface area contributed by atoms with E-state index in [2.05, 4.69) is 65.7 Å². The first-order valence-corrected chi connectivity index (χ1v) is 9.64. The van der Waals surface area contributed by atoms with Crippen molar-refractivity contribution in [2.24, 2.45) is 4.99 Å². The van der Waals surface area contributed by atoms with Gasteiger partial charge in [0.1, 0.15) is 0 Å². The largest absolute Gasteiger partial charge is 0.379 e. The van der Waals surface area contributed by atoms with Gasteiger partial charge in [-0.15, -0.1) is 35.3 Å². The van der Waals surface area contributed by atoms with Crippen LogP contribution in [0.1, 0.15) is 32.6 Å². The van der Waals surface area contributed by atoms with Gasteiger partial charge in [0.05, 0.1) is 13.2 Å². The third-order valence-corrected chi connectivity index (χ3v) is 5.90. The lowest BCUT2D eigenvalue weighted by Gasteiger charge is -2.38. The summed E-state index contributed by atoms with van der Waals surface area (Å²) in [6.07, 6.45) is 0. The van der Waals surface area contributed by atoms with Gasteiger partial charge < -0.3 is 15.4 Å². The molecule has 0 radical (unpaired) electrons. The maximum Gasteiger partial charge on any atom is 0.191 e. The molecule has 0 spiro atoms. The number of hydrogen-bond donors (Lipinski definition) is 2. The van der Waals surface area contributed by atoms with Crippen molar-refractivity contribution < 1.29 is 4.74 Å². The van der Waals surface area contributed by atoms with Gasteiger partial charge in [-0.1, -0.05) is 19.9 Å². The van der Waals surface area contributed by atoms with E-state index in [4.69, 9.17) is 4.74 Å². The number of rotatable bonds is 6. The molecule has 1 saturated heterocycles. The van der Waals surface area contributed by atoms with E-state index in [-0.39, 0.29) is 29.4 Å². The molecule has 0 amide bonds. The summed E-state index contributed by atoms with van der Waals surface area (Å²) in [6, 6.07) is 5.24. The van der Waals surface area contributed by atoms with E-state index in [1.165, 1.54) is 4.88 Å². The molecule has 144 valence electrons. The highest BCUT2D eigenvalue weighted by molar-refractivity contribution is 14.0. The zero-order valence-corrected chi connectivity index (χ0v) is 19.2. The summed E-state index contributed by atoms with van der Waals surface area (Å²) in [5, 5.41) is 9.07. The van der Waals surface area contributed by atoms with Crippen LogP contribution in [-0.2, 0) is 10.2 Å². The monoisotopic (exact) mass is 480 g/mol. The van der Waals surface area contributed by atoms with Crippen molar-refractivity contribution in [2.75, 3.05) is 39.9 Å². The third kappa shape index (κ3) is 6.69. The molecular weight excluding hydrogens is 447 g/mol. The predicted molar refractivity (Wildman–Crippen MR) is 119 cm³/mol. The van der Waals surface area contributed by atoms with Crippen LogP contribution in [0.15, 0.2) is 22.5 Å². The molecule has 1 aliphatic rings. The summed E-state index contributed by atoms with van der Waals surface area (Å²) in [7, 11) is 1.83. The average Bonchev–Trinajstić information content (AvgIpc) is 3.10. The van der Waals surface area contributed by atoms with Crippen LogP contribution in [0.25, 0.3) is 0 Å². The van der Waals surface area contributed by atoms with E-state index in [1.807, 2.05) is 18.4 Å². The lowest BCUT2D eigenvalue weighted by molar-refractivity contribution is -0.0174. The molecule has 1 fully saturated rings. The first-order chi connectivity index (χ1) is 11.4. The van der Waals surface area contributed by atoms with Crippen LogP contribution in [0.2, 0.25) is 0 Å². The summed E-state index contributed by atoms with van der Waals surface area (Å²) in [6.45, 7) is 13.4. The number of ether oxygens (including phenoxy) is 1. The van der Waals surface area contributed by atoms with Crippen molar-refractivity contribution in [1.82, 2.24) is 15.5 Å². The third-order valence-electron chi connectivity index (χ3n) is 4.66. The molecule has 0 saturated carbocycles. The van der Waals surface area contributed by atoms with Crippen LogP contribution in [0.3, 0.4) is 0 Å². The lowest BCUT2D eigenvalue weighted by atomic mass is 9.91. The molecular formula is C18H33IN4OS. The number of nitrogens with one attached hydrogen (secondary N) is 2. The van der Waals surface area contributed by atoms with Crippen molar-refractivity contribution in [3.8, 4) is 0 Å². The smallest absolute Gasteiger partial charge is 0.191 e. The molecule has 0 aromatic carbocycles. The van der Waals surface area contributed by atoms with Crippen LogP contribution in [0.5, 0.6) is 0 Å². The molecule has 5 nitrogen and oxygen atoms in total. The van der Waals surface area contributed by atoms with Crippen molar-refractivity contribution in [3.05, 3.63) is 22.4 Å². The van der Waals surface area contributed by atoms with Crippen molar-refractivity contribution in [2.45, 2.75) is 45.2 Å². The Morgan fingerprint density at radius 3 is 2.84 bits per heavy atom. The molecule has 25 heavy (non-hydrogen) atoms. The Bertz CT molecular complexity index is 521. The van der Waals surface area contributed by atoms with E-state index in [0.717, 1.165) is 38.8 Å². The summed E-state index contributed by atoms with van der Waals surface area (Å²) in [5.41, 5.74) is 0.0934. The summed E-state index contributed by atoms with van der Waals surface area (Å²) < 4.78 is 5.52. The van der Waals surface area contributed by atoms with Crippen LogP contribution in [0.4, 0.5) is 0 Å². The van der Waals surface area contributed by atoms with E-state index < -0.39 is 0 Å². The van der Waals surface area contributed by atoms with Crippen LogP contribution >= 0.6 is 35.3 Å². The topological polar surface area (TPSA) is 48.9 Å². The molecule has 1 aliphatic heterocycles. The number of hydrogen-bond acceptors (Lipinski definition) is 4. The Labute approximate surface area is 173 Å². The van der Waals surface area contributed by atoms with Crippen molar-refractivity contribution in [1.29, 1.82) is 0 Å². The van der Waals surface area contributed by atoms with Crippen LogP contribution in [-0.4, -0.2) is 62.8 Å². The SMILES string of the molecule is CN=C(NCC(C)N1CCOCC1C)NCC(C)(C)c1cccs1.I. The maximum absolute atomic E-state index is 5.52. The molecule has 2 unspecified atom stereocenters. The number of nitrogens with zero attached hydrogens (tertiary/aromatic N) is 2. The van der Waals surface area contributed by atoms with Gasteiger partial charge in [0.2, 0.25) is 0 Å². The molecule has 0 bridgehead atoms. The standard InChI is InChI=1S/C18H32N4OS.HI/c1-14(22-8-9-23-12-15(22)2)11-20-17(19-5)21-13-18(3,4)16-7-6-10-24-16;/h6-7,10,14-15H,8-9,11-13H2,1-5H3,(H2,19,20,21);1H. The highest BCUT2D eigenvalue weighted by atomic mass is 127. The molecule has 2 atom stereocenters. The van der Waals surface area contributed by atoms with Gasteiger partial charge in [-0.3, -0.25) is 9.89 Å². The minimum atomic E-state index is 0. The van der Waals surface area contributed by atoms with E-state index in [1.54, 1.807) is 0 Å². The van der Waals surface area contributed by atoms with Crippen LogP contribution in [0, 0.1) is 0 Å². The van der Waals surface area contributed by atoms with E-state index in [0.29, 0.717) is 12.1 Å². The minimum absolute atomic E-state index is 0. The molecule has 2 rings (SSSR count). The van der Waals surface area contributed by atoms with Crippen molar-refractivity contribution >= 4 is 41.3 Å². The average molecular weight is 480 g/mol. The Balaban J connectivity index is 0.00000312. The Morgan fingerprint density at radius 2 is 2.24 bits per heavy atom. The second kappa shape index (κ2) is 10.7. The van der Waals surface area contributed by atoms with Crippen LogP contribution < -0.4 is 10.6 Å². The second-order valence-corrected chi connectivity index (χ2v) is 8.13. The van der Waals surface area contributed by atoms with E-state index in [9.17, 15) is 0 Å². The fraction of sp³-hybridized carbons (Fsp3) is 0.722. The number of aliphatic imine (C=N–C) groups is 1. The second-order valence-electron chi connectivity index (χ2n) is 7.18. The normalized spacial score (nSPS) is 20.7. The van der Waals surface area contributed by atoms with Gasteiger partial charge in [0, 0.05) is 49.1 Å². The Hall–Kier alpha value is -0.380. The van der Waals surface area contributed by atoms with Gasteiger partial charge in [-0.05, 0) is 25.3 Å². The van der Waals surface area contributed by atoms with Gasteiger partial charge in [-0.2, -0.15) is 0 Å². The Kier molecular flexibility index (Phi) is 9.69. The first-order valence-electron chi connectivity index (χ1n) is 8.76. The quantitative estimate of drug-likeness (QED) is 0.374. The highest BCUT2D eigenvalue weighted by Crippen LogP contribution is 2.26. The number of halogens is 1. The fourth-order valence-electron chi connectivity index (χ4n) is 3.03. The Morgan fingerprint density at radius 1 is 1.48 bits per heavy atom. The fourth-order valence-corrected chi connectivity index (χ4v) is 3.88. The van der Waals surface area contributed by atoms with Gasteiger partial charge in [0.25, 0.3) is 0 Å². The number of guanidine groups is 1. The molecule has 2 heterocycles. The minimum Gasteiger partial charge on any atom is -0.379 e. The van der Waals surface area contributed by atoms with Gasteiger partial charge in [0.15, 0.2) is 5.96 Å². The summed E-state index contributed by atoms with van der Waals surface area (Å²) in [4.78, 5) is 8.25. The molecule has 0 aliphatic carbocycles. The zero-order valence-electron chi connectivity index (χ0n) is 16.0. The van der Waals surface area contributed by atoms with Gasteiger partial charge in [-0.25, -0.2) is 0 Å². The molecule has 1 aromatic heterocycles. The number of morpholine rings is 1. The molecule has 2 N–H and O–H groups in total. The van der Waals surface area contributed by atoms with Crippen molar-refractivity contribution in [3.63, 3.8) is 0 Å².